The number of nitrogens with zero attached hydrogens (tertiary/aromatic N) is 3. The second kappa shape index (κ2) is 10.5. The van der Waals surface area contributed by atoms with Crippen LogP contribution in [0.2, 0.25) is 0 Å². The molecular formula is C19H30N4O5. The van der Waals surface area contributed by atoms with E-state index in [0.717, 1.165) is 52.3 Å². The van der Waals surface area contributed by atoms with Crippen molar-refractivity contribution in [3.63, 3.8) is 0 Å². The fourth-order valence-corrected chi connectivity index (χ4v) is 3.44. The van der Waals surface area contributed by atoms with Crippen molar-refractivity contribution in [2.45, 2.75) is 32.3 Å². The van der Waals surface area contributed by atoms with E-state index in [1.807, 2.05) is 0 Å². The molecule has 0 unspecified atom stereocenters. The van der Waals surface area contributed by atoms with Crippen LogP contribution in [0.1, 0.15) is 35.5 Å². The van der Waals surface area contributed by atoms with Crippen LogP contribution in [0, 0.1) is 6.92 Å². The highest BCUT2D eigenvalue weighted by Gasteiger charge is 2.25. The number of carbonyl (C=O) groups is 2. The summed E-state index contributed by atoms with van der Waals surface area (Å²) in [5, 5.41) is 6.75. The molecule has 2 aliphatic heterocycles. The first-order valence-corrected chi connectivity index (χ1v) is 10.0. The summed E-state index contributed by atoms with van der Waals surface area (Å²) in [6.45, 7) is 7.96. The third-order valence-corrected chi connectivity index (χ3v) is 5.04. The summed E-state index contributed by atoms with van der Waals surface area (Å²) in [5.74, 6) is 0.296. The van der Waals surface area contributed by atoms with E-state index in [2.05, 4.69) is 15.4 Å². The maximum Gasteiger partial charge on any atom is 0.276 e. The number of nitrogens with one attached hydrogen (secondary N) is 1. The van der Waals surface area contributed by atoms with Gasteiger partial charge < -0.3 is 24.2 Å². The zero-order valence-electron chi connectivity index (χ0n) is 16.5. The summed E-state index contributed by atoms with van der Waals surface area (Å²) >= 11 is 0. The van der Waals surface area contributed by atoms with E-state index in [4.69, 9.17) is 14.0 Å². The van der Waals surface area contributed by atoms with Gasteiger partial charge in [0.25, 0.3) is 5.91 Å². The van der Waals surface area contributed by atoms with Gasteiger partial charge in [-0.05, 0) is 19.8 Å². The number of hydrogen-bond acceptors (Lipinski definition) is 7. The minimum absolute atomic E-state index is 0.0151. The first-order chi connectivity index (χ1) is 13.6. The number of aryl methyl sites for hydroxylation is 1. The number of carbonyl (C=O) groups excluding carboxylic acids is 2. The third-order valence-electron chi connectivity index (χ3n) is 5.04. The molecule has 2 aliphatic rings. The maximum atomic E-state index is 12.8. The lowest BCUT2D eigenvalue weighted by Gasteiger charge is -2.26. The Kier molecular flexibility index (Phi) is 7.81. The van der Waals surface area contributed by atoms with Crippen molar-refractivity contribution in [2.24, 2.45) is 0 Å². The third kappa shape index (κ3) is 6.29. The number of rotatable bonds is 9. The first kappa shape index (κ1) is 20.8. The molecule has 28 heavy (non-hydrogen) atoms. The normalized spacial score (nSPS) is 20.2. The summed E-state index contributed by atoms with van der Waals surface area (Å²) in [6, 6.07) is 1.62. The van der Waals surface area contributed by atoms with Crippen molar-refractivity contribution in [3.8, 4) is 0 Å². The summed E-state index contributed by atoms with van der Waals surface area (Å²) < 4.78 is 16.0. The summed E-state index contributed by atoms with van der Waals surface area (Å²) in [7, 11) is 0. The molecule has 1 N–H and O–H groups in total. The fraction of sp³-hybridized carbons (Fsp3) is 0.737. The van der Waals surface area contributed by atoms with Crippen molar-refractivity contribution in [3.05, 3.63) is 17.5 Å². The molecule has 9 heteroatoms. The molecule has 2 amide bonds. The highest BCUT2D eigenvalue weighted by Crippen LogP contribution is 2.15. The summed E-state index contributed by atoms with van der Waals surface area (Å²) in [4.78, 5) is 28.9. The van der Waals surface area contributed by atoms with Crippen LogP contribution in [-0.4, -0.2) is 92.0 Å². The molecule has 0 bridgehead atoms. The first-order valence-electron chi connectivity index (χ1n) is 10.0. The number of ether oxygens (including phenoxy) is 2. The standard InChI is InChI=1S/C19H30N4O5/c1-15-13-17(21-28-15)19(25)23(14-16-3-2-10-27-16)6-4-18(24)20-5-7-22-8-11-26-12-9-22/h13,16H,2-12,14H2,1H3,(H,20,24)/t16-/m0/s1. The molecule has 0 aromatic carbocycles. The summed E-state index contributed by atoms with van der Waals surface area (Å²) in [5.41, 5.74) is 0.267. The van der Waals surface area contributed by atoms with Crippen LogP contribution in [-0.2, 0) is 14.3 Å². The number of aromatic nitrogens is 1. The van der Waals surface area contributed by atoms with Crippen molar-refractivity contribution in [1.82, 2.24) is 20.3 Å². The lowest BCUT2D eigenvalue weighted by molar-refractivity contribution is -0.121. The van der Waals surface area contributed by atoms with Crippen molar-refractivity contribution >= 4 is 11.8 Å². The maximum absolute atomic E-state index is 12.8. The Morgan fingerprint density at radius 2 is 2.14 bits per heavy atom. The average Bonchev–Trinajstić information content (AvgIpc) is 3.37. The molecule has 3 rings (SSSR count). The van der Waals surface area contributed by atoms with E-state index in [9.17, 15) is 9.59 Å². The van der Waals surface area contributed by atoms with E-state index in [1.54, 1.807) is 17.9 Å². The van der Waals surface area contributed by atoms with Gasteiger partial charge in [0.15, 0.2) is 5.69 Å². The van der Waals surface area contributed by atoms with Crippen molar-refractivity contribution in [2.75, 3.05) is 59.1 Å². The minimum atomic E-state index is -0.228. The average molecular weight is 394 g/mol. The van der Waals surface area contributed by atoms with Gasteiger partial charge in [-0.3, -0.25) is 14.5 Å². The van der Waals surface area contributed by atoms with Gasteiger partial charge in [0.05, 0.1) is 19.3 Å². The van der Waals surface area contributed by atoms with Gasteiger partial charge in [-0.15, -0.1) is 0 Å². The second-order valence-corrected chi connectivity index (χ2v) is 7.26. The van der Waals surface area contributed by atoms with Gasteiger partial charge >= 0.3 is 0 Å². The zero-order chi connectivity index (χ0) is 19.8. The van der Waals surface area contributed by atoms with E-state index in [1.165, 1.54) is 0 Å². The SMILES string of the molecule is Cc1cc(C(=O)N(CCC(=O)NCCN2CCOCC2)C[C@@H]2CCCO2)no1. The molecule has 0 radical (unpaired) electrons. The molecule has 9 nitrogen and oxygen atoms in total. The molecule has 2 fully saturated rings. The number of hydrogen-bond donors (Lipinski definition) is 1. The van der Waals surface area contributed by atoms with Gasteiger partial charge in [-0.1, -0.05) is 5.16 Å². The molecule has 2 saturated heterocycles. The minimum Gasteiger partial charge on any atom is -0.379 e. The van der Waals surface area contributed by atoms with Gasteiger partial charge in [0.1, 0.15) is 5.76 Å². The number of morpholine rings is 1. The Hall–Kier alpha value is -1.97. The monoisotopic (exact) mass is 394 g/mol. The van der Waals surface area contributed by atoms with Gasteiger partial charge in [-0.2, -0.15) is 0 Å². The largest absolute Gasteiger partial charge is 0.379 e. The Morgan fingerprint density at radius 1 is 1.32 bits per heavy atom. The molecular weight excluding hydrogens is 364 g/mol. The Bertz CT molecular complexity index is 638. The molecule has 0 aliphatic carbocycles. The van der Waals surface area contributed by atoms with Crippen molar-refractivity contribution < 1.29 is 23.6 Å². The van der Waals surface area contributed by atoms with Crippen LogP contribution in [0.25, 0.3) is 0 Å². The van der Waals surface area contributed by atoms with Crippen LogP contribution < -0.4 is 5.32 Å². The molecule has 1 aromatic rings. The Morgan fingerprint density at radius 3 is 2.82 bits per heavy atom. The molecule has 1 aromatic heterocycles. The molecule has 3 heterocycles. The molecule has 1 atom stereocenters. The van der Waals surface area contributed by atoms with Crippen molar-refractivity contribution in [1.29, 1.82) is 0 Å². The van der Waals surface area contributed by atoms with E-state index in [0.29, 0.717) is 25.4 Å². The Balaban J connectivity index is 1.45. The van der Waals surface area contributed by atoms with Gasteiger partial charge in [-0.25, -0.2) is 0 Å². The Labute approximate surface area is 165 Å². The fourth-order valence-electron chi connectivity index (χ4n) is 3.44. The van der Waals surface area contributed by atoms with E-state index >= 15 is 0 Å². The van der Waals surface area contributed by atoms with Gasteiger partial charge in [0.2, 0.25) is 5.91 Å². The molecule has 0 saturated carbocycles. The van der Waals surface area contributed by atoms with Crippen LogP contribution in [0.3, 0.4) is 0 Å². The van der Waals surface area contributed by atoms with Crippen LogP contribution >= 0.6 is 0 Å². The van der Waals surface area contributed by atoms with Crippen LogP contribution in [0.4, 0.5) is 0 Å². The smallest absolute Gasteiger partial charge is 0.276 e. The molecule has 0 spiro atoms. The predicted octanol–water partition coefficient (Wildman–Crippen LogP) is 0.443. The predicted molar refractivity (Wildman–Crippen MR) is 101 cm³/mol. The topological polar surface area (TPSA) is 97.1 Å². The second-order valence-electron chi connectivity index (χ2n) is 7.26. The highest BCUT2D eigenvalue weighted by molar-refractivity contribution is 5.92. The zero-order valence-corrected chi connectivity index (χ0v) is 16.5. The van der Waals surface area contributed by atoms with Crippen LogP contribution in [0.5, 0.6) is 0 Å². The molecule has 156 valence electrons. The van der Waals surface area contributed by atoms with E-state index in [-0.39, 0.29) is 30.0 Å². The van der Waals surface area contributed by atoms with Crippen LogP contribution in [0.15, 0.2) is 10.6 Å². The lowest BCUT2D eigenvalue weighted by Crippen LogP contribution is -2.42. The quantitative estimate of drug-likeness (QED) is 0.649. The van der Waals surface area contributed by atoms with Gasteiger partial charge in [0, 0.05) is 58.4 Å². The number of amides is 2. The van der Waals surface area contributed by atoms with E-state index < -0.39 is 0 Å². The lowest BCUT2D eigenvalue weighted by atomic mass is 10.2. The highest BCUT2D eigenvalue weighted by atomic mass is 16.5. The summed E-state index contributed by atoms with van der Waals surface area (Å²) in [6.07, 6.45) is 2.19.